The first-order valence-corrected chi connectivity index (χ1v) is 13.0. The first-order chi connectivity index (χ1) is 18.5. The van der Waals surface area contributed by atoms with Crippen LogP contribution in [0.5, 0.6) is 0 Å². The van der Waals surface area contributed by atoms with Gasteiger partial charge in [-0.05, 0) is 31.5 Å². The smallest absolute Gasteiger partial charge is 0.311 e. The summed E-state index contributed by atoms with van der Waals surface area (Å²) in [6, 6.07) is 14.3. The number of hydrogen-bond donors (Lipinski definition) is 1. The monoisotopic (exact) mass is 516 g/mol. The molecule has 10 nitrogen and oxygen atoms in total. The molecular weight excluding hydrogens is 484 g/mol. The lowest BCUT2D eigenvalue weighted by atomic mass is 10.1. The van der Waals surface area contributed by atoms with Gasteiger partial charge in [0.2, 0.25) is 0 Å². The molecule has 0 aliphatic carbocycles. The second kappa shape index (κ2) is 12.9. The molecule has 0 spiro atoms. The molecule has 0 atom stereocenters. The second-order valence-electron chi connectivity index (χ2n) is 9.30. The van der Waals surface area contributed by atoms with Crippen LogP contribution in [0.4, 0.5) is 22.7 Å². The fourth-order valence-corrected chi connectivity index (χ4v) is 4.88. The quantitative estimate of drug-likeness (QED) is 0.109. The van der Waals surface area contributed by atoms with Gasteiger partial charge in [-0.15, -0.1) is 0 Å². The van der Waals surface area contributed by atoms with Crippen LogP contribution < -0.4 is 10.6 Å². The maximum Gasteiger partial charge on any atom is 0.311 e. The highest BCUT2D eigenvalue weighted by atomic mass is 16.6. The number of nitrogens with zero attached hydrogens (tertiary/aromatic N) is 5. The summed E-state index contributed by atoms with van der Waals surface area (Å²) in [4.78, 5) is 33.8. The van der Waals surface area contributed by atoms with Crippen molar-refractivity contribution < 1.29 is 9.85 Å². The molecule has 0 fully saturated rings. The standard InChI is InChI=1S/C28H32N6O4/c29-17-11-5-3-1-2-4-6-12-18-32(27-21-13-7-9-15-23(21)30-19-25(27)33(35)36)28-22-14-8-10-16-24(22)31-20-26(28)34(37)38/h7-10,13-16,19-20H,1-6,11-12,17-18,29H2. The van der Waals surface area contributed by atoms with Gasteiger partial charge in [-0.2, -0.15) is 0 Å². The summed E-state index contributed by atoms with van der Waals surface area (Å²) in [5.74, 6) is 0. The Morgan fingerprint density at radius 3 is 1.53 bits per heavy atom. The van der Waals surface area contributed by atoms with Crippen LogP contribution in [0, 0.1) is 20.2 Å². The van der Waals surface area contributed by atoms with Gasteiger partial charge in [0.1, 0.15) is 23.8 Å². The number of hydrogen-bond acceptors (Lipinski definition) is 8. The number of nitrogens with two attached hydrogens (primary N) is 1. The van der Waals surface area contributed by atoms with E-state index in [2.05, 4.69) is 9.97 Å². The molecule has 10 heteroatoms. The highest BCUT2D eigenvalue weighted by molar-refractivity contribution is 6.04. The number of unbranched alkanes of at least 4 members (excludes halogenated alkanes) is 7. The molecule has 0 unspecified atom stereocenters. The van der Waals surface area contributed by atoms with Crippen LogP contribution in [0.25, 0.3) is 21.8 Å². The highest BCUT2D eigenvalue weighted by Crippen LogP contribution is 2.45. The number of anilines is 2. The van der Waals surface area contributed by atoms with E-state index in [9.17, 15) is 20.2 Å². The Labute approximate surface area is 220 Å². The molecule has 2 heterocycles. The van der Waals surface area contributed by atoms with E-state index in [0.717, 1.165) is 51.5 Å². The van der Waals surface area contributed by atoms with Crippen LogP contribution >= 0.6 is 0 Å². The Bertz CT molecular complexity index is 1330. The van der Waals surface area contributed by atoms with E-state index in [1.54, 1.807) is 41.3 Å². The Morgan fingerprint density at radius 1 is 0.658 bits per heavy atom. The Hall–Kier alpha value is -4.18. The zero-order valence-corrected chi connectivity index (χ0v) is 21.3. The van der Waals surface area contributed by atoms with Crippen LogP contribution in [-0.4, -0.2) is 32.9 Å². The summed E-state index contributed by atoms with van der Waals surface area (Å²) in [7, 11) is 0. The predicted molar refractivity (Wildman–Crippen MR) is 150 cm³/mol. The molecule has 0 saturated heterocycles. The van der Waals surface area contributed by atoms with Gasteiger partial charge in [-0.25, -0.2) is 9.97 Å². The van der Waals surface area contributed by atoms with Crippen molar-refractivity contribution in [2.24, 2.45) is 5.73 Å². The van der Waals surface area contributed by atoms with Gasteiger partial charge < -0.3 is 10.6 Å². The van der Waals surface area contributed by atoms with Crippen LogP contribution in [0.1, 0.15) is 51.4 Å². The van der Waals surface area contributed by atoms with Crippen molar-refractivity contribution in [3.05, 3.63) is 81.2 Å². The third-order valence-electron chi connectivity index (χ3n) is 6.72. The summed E-state index contributed by atoms with van der Waals surface area (Å²) in [6.45, 7) is 1.10. The van der Waals surface area contributed by atoms with E-state index in [0.29, 0.717) is 46.1 Å². The van der Waals surface area contributed by atoms with Gasteiger partial charge in [-0.3, -0.25) is 20.2 Å². The normalized spacial score (nSPS) is 11.2. The van der Waals surface area contributed by atoms with E-state index >= 15 is 0 Å². The lowest BCUT2D eigenvalue weighted by Gasteiger charge is -2.26. The first-order valence-electron chi connectivity index (χ1n) is 13.0. The molecule has 0 bridgehead atoms. The molecule has 0 radical (unpaired) electrons. The first kappa shape index (κ1) is 26.9. The number of para-hydroxylation sites is 2. The van der Waals surface area contributed by atoms with E-state index in [-0.39, 0.29) is 11.4 Å². The van der Waals surface area contributed by atoms with Crippen LogP contribution in [-0.2, 0) is 0 Å². The topological polar surface area (TPSA) is 141 Å². The summed E-state index contributed by atoms with van der Waals surface area (Å²) < 4.78 is 0. The predicted octanol–water partition coefficient (Wildman–Crippen LogP) is 6.82. The van der Waals surface area contributed by atoms with E-state index in [1.807, 2.05) is 12.1 Å². The molecular formula is C28H32N6O4. The van der Waals surface area contributed by atoms with E-state index in [4.69, 9.17) is 5.73 Å². The molecule has 2 aromatic carbocycles. The molecule has 2 aromatic heterocycles. The average molecular weight is 517 g/mol. The van der Waals surface area contributed by atoms with Gasteiger partial charge in [-0.1, -0.05) is 74.9 Å². The second-order valence-corrected chi connectivity index (χ2v) is 9.30. The van der Waals surface area contributed by atoms with Crippen molar-refractivity contribution >= 4 is 44.6 Å². The van der Waals surface area contributed by atoms with E-state index in [1.165, 1.54) is 12.4 Å². The van der Waals surface area contributed by atoms with Crippen LogP contribution in [0.3, 0.4) is 0 Å². The molecule has 0 amide bonds. The molecule has 198 valence electrons. The lowest BCUT2D eigenvalue weighted by molar-refractivity contribution is -0.384. The molecule has 2 N–H and O–H groups in total. The highest BCUT2D eigenvalue weighted by Gasteiger charge is 2.30. The summed E-state index contributed by atoms with van der Waals surface area (Å²) in [6.07, 6.45) is 10.7. The Kier molecular flexibility index (Phi) is 9.10. The fraction of sp³-hybridized carbons (Fsp3) is 0.357. The molecule has 4 rings (SSSR count). The van der Waals surface area contributed by atoms with E-state index < -0.39 is 9.85 Å². The zero-order chi connectivity index (χ0) is 26.9. The van der Waals surface area contributed by atoms with Crippen molar-refractivity contribution in [2.75, 3.05) is 18.0 Å². The number of aromatic nitrogens is 2. The molecule has 38 heavy (non-hydrogen) atoms. The fourth-order valence-electron chi connectivity index (χ4n) is 4.88. The largest absolute Gasteiger partial charge is 0.330 e. The number of rotatable bonds is 14. The summed E-state index contributed by atoms with van der Waals surface area (Å²) >= 11 is 0. The molecule has 0 saturated carbocycles. The van der Waals surface area contributed by atoms with Crippen LogP contribution in [0.15, 0.2) is 60.9 Å². The Morgan fingerprint density at radius 2 is 1.08 bits per heavy atom. The van der Waals surface area contributed by atoms with Crippen molar-refractivity contribution in [1.29, 1.82) is 0 Å². The number of benzene rings is 2. The van der Waals surface area contributed by atoms with Gasteiger partial charge in [0, 0.05) is 17.3 Å². The minimum absolute atomic E-state index is 0.196. The maximum atomic E-state index is 12.2. The lowest BCUT2D eigenvalue weighted by Crippen LogP contribution is -2.22. The molecule has 0 aliphatic heterocycles. The van der Waals surface area contributed by atoms with Gasteiger partial charge >= 0.3 is 11.4 Å². The van der Waals surface area contributed by atoms with Gasteiger partial charge in [0.25, 0.3) is 0 Å². The van der Waals surface area contributed by atoms with Crippen molar-refractivity contribution in [3.63, 3.8) is 0 Å². The van der Waals surface area contributed by atoms with Crippen LogP contribution in [0.2, 0.25) is 0 Å². The number of fused-ring (bicyclic) bond motifs is 2. The number of pyridine rings is 2. The zero-order valence-electron chi connectivity index (χ0n) is 21.3. The Balaban J connectivity index is 1.76. The third-order valence-corrected chi connectivity index (χ3v) is 6.72. The molecule has 0 aliphatic rings. The van der Waals surface area contributed by atoms with Gasteiger partial charge in [0.15, 0.2) is 0 Å². The minimum Gasteiger partial charge on any atom is -0.330 e. The number of nitro groups is 2. The minimum atomic E-state index is -0.474. The molecule has 4 aromatic rings. The van der Waals surface area contributed by atoms with Crippen molar-refractivity contribution in [1.82, 2.24) is 9.97 Å². The van der Waals surface area contributed by atoms with Crippen molar-refractivity contribution in [2.45, 2.75) is 51.4 Å². The summed E-state index contributed by atoms with van der Waals surface area (Å²) in [5.41, 5.74) is 6.95. The average Bonchev–Trinajstić information content (AvgIpc) is 2.93. The summed E-state index contributed by atoms with van der Waals surface area (Å²) in [5, 5.41) is 25.5. The van der Waals surface area contributed by atoms with Gasteiger partial charge in [0.05, 0.1) is 20.9 Å². The van der Waals surface area contributed by atoms with Crippen molar-refractivity contribution in [3.8, 4) is 0 Å². The third kappa shape index (κ3) is 6.03. The maximum absolute atomic E-state index is 12.2. The SMILES string of the molecule is NCCCCCCCCCCN(c1c([N+](=O)[O-])cnc2ccccc12)c1c([N+](=O)[O-])cnc2ccccc12.